The summed E-state index contributed by atoms with van der Waals surface area (Å²) in [6.45, 7) is 3.91. The van der Waals surface area contributed by atoms with Gasteiger partial charge in [0.1, 0.15) is 0 Å². The summed E-state index contributed by atoms with van der Waals surface area (Å²) in [5, 5.41) is 15.8. The molecule has 0 amide bonds. The Hall–Kier alpha value is -1.76. The summed E-state index contributed by atoms with van der Waals surface area (Å²) in [4.78, 5) is 2.28. The third-order valence-corrected chi connectivity index (χ3v) is 4.02. The lowest BCUT2D eigenvalue weighted by molar-refractivity contribution is 0.333. The Bertz CT molecular complexity index is 552. The fourth-order valence-electron chi connectivity index (χ4n) is 2.82. The molecule has 7 heteroatoms. The van der Waals surface area contributed by atoms with Crippen molar-refractivity contribution in [2.75, 3.05) is 18.0 Å². The average Bonchev–Trinajstić information content (AvgIpc) is 2.93. The highest BCUT2D eigenvalue weighted by atomic mass is 15.6. The normalized spacial score (nSPS) is 24.0. The monoisotopic (exact) mass is 261 g/mol. The molecule has 2 aromatic rings. The van der Waals surface area contributed by atoms with Crippen LogP contribution in [0.5, 0.6) is 0 Å². The minimum absolute atomic E-state index is 0.361. The first-order valence-electron chi connectivity index (χ1n) is 6.84. The van der Waals surface area contributed by atoms with E-state index in [-0.39, 0.29) is 0 Å². The molecule has 7 nitrogen and oxygen atoms in total. The second-order valence-corrected chi connectivity index (χ2v) is 5.10. The van der Waals surface area contributed by atoms with E-state index in [1.807, 2.05) is 12.1 Å². The van der Waals surface area contributed by atoms with Crippen molar-refractivity contribution in [2.24, 2.45) is 11.7 Å². The van der Waals surface area contributed by atoms with Crippen LogP contribution in [0.3, 0.4) is 0 Å². The van der Waals surface area contributed by atoms with Gasteiger partial charge in [0.25, 0.3) is 0 Å². The number of anilines is 1. The van der Waals surface area contributed by atoms with Crippen molar-refractivity contribution in [3.05, 3.63) is 12.1 Å². The van der Waals surface area contributed by atoms with Crippen molar-refractivity contribution in [3.8, 4) is 0 Å². The largest absolute Gasteiger partial charge is 0.351 e. The molecular formula is C12H19N7. The second kappa shape index (κ2) is 5.08. The lowest BCUT2D eigenvalue weighted by Gasteiger charge is -2.39. The summed E-state index contributed by atoms with van der Waals surface area (Å²) in [6.07, 6.45) is 3.56. The standard InChI is InChI=1S/C12H19N7/c1-2-9-5-6-18(10(7-9)8-13)12-4-3-11-14-16-17-19(11)15-12/h3-4,9-10H,2,5-8,13H2,1H3. The van der Waals surface area contributed by atoms with E-state index in [9.17, 15) is 0 Å². The molecule has 2 N–H and O–H groups in total. The number of rotatable bonds is 3. The second-order valence-electron chi connectivity index (χ2n) is 5.10. The van der Waals surface area contributed by atoms with Crippen molar-refractivity contribution in [2.45, 2.75) is 32.2 Å². The minimum Gasteiger partial charge on any atom is -0.351 e. The zero-order chi connectivity index (χ0) is 13.2. The molecule has 0 spiro atoms. The molecule has 0 aliphatic carbocycles. The van der Waals surface area contributed by atoms with E-state index < -0.39 is 0 Å². The quantitative estimate of drug-likeness (QED) is 0.864. The van der Waals surface area contributed by atoms with Gasteiger partial charge < -0.3 is 10.6 Å². The van der Waals surface area contributed by atoms with Crippen molar-refractivity contribution < 1.29 is 0 Å². The summed E-state index contributed by atoms with van der Waals surface area (Å²) < 4.78 is 1.47. The Morgan fingerprint density at radius 3 is 3.11 bits per heavy atom. The number of tetrazole rings is 1. The zero-order valence-corrected chi connectivity index (χ0v) is 11.1. The minimum atomic E-state index is 0.361. The Balaban J connectivity index is 1.87. The van der Waals surface area contributed by atoms with E-state index in [0.29, 0.717) is 18.2 Å². The van der Waals surface area contributed by atoms with Gasteiger partial charge in [-0.05, 0) is 41.3 Å². The molecule has 102 valence electrons. The van der Waals surface area contributed by atoms with E-state index >= 15 is 0 Å². The predicted molar refractivity (Wildman–Crippen MR) is 71.8 cm³/mol. The Morgan fingerprint density at radius 1 is 1.42 bits per heavy atom. The molecule has 2 aromatic heterocycles. The fraction of sp³-hybridized carbons (Fsp3) is 0.667. The highest BCUT2D eigenvalue weighted by Crippen LogP contribution is 2.28. The SMILES string of the molecule is CCC1CCN(c2ccc3nnnn3n2)C(CN)C1. The molecule has 1 fully saturated rings. The molecule has 2 atom stereocenters. The molecular weight excluding hydrogens is 242 g/mol. The molecule has 0 aromatic carbocycles. The first-order valence-corrected chi connectivity index (χ1v) is 6.84. The maximum atomic E-state index is 5.92. The number of nitrogens with zero attached hydrogens (tertiary/aromatic N) is 6. The van der Waals surface area contributed by atoms with E-state index in [1.54, 1.807) is 0 Å². The van der Waals surface area contributed by atoms with Crippen LogP contribution in [0.2, 0.25) is 0 Å². The number of nitrogens with two attached hydrogens (primary N) is 1. The van der Waals surface area contributed by atoms with Crippen molar-refractivity contribution in [1.29, 1.82) is 0 Å². The van der Waals surface area contributed by atoms with Gasteiger partial charge >= 0.3 is 0 Å². The maximum absolute atomic E-state index is 5.92. The van der Waals surface area contributed by atoms with Crippen LogP contribution in [0.1, 0.15) is 26.2 Å². The van der Waals surface area contributed by atoms with Gasteiger partial charge in [-0.1, -0.05) is 13.3 Å². The molecule has 1 aliphatic heterocycles. The smallest absolute Gasteiger partial charge is 0.200 e. The van der Waals surface area contributed by atoms with E-state index in [0.717, 1.165) is 24.7 Å². The molecule has 19 heavy (non-hydrogen) atoms. The zero-order valence-electron chi connectivity index (χ0n) is 11.1. The van der Waals surface area contributed by atoms with Crippen LogP contribution in [0, 0.1) is 5.92 Å². The van der Waals surface area contributed by atoms with Crippen LogP contribution in [0.4, 0.5) is 5.82 Å². The average molecular weight is 261 g/mol. The number of fused-ring (bicyclic) bond motifs is 1. The van der Waals surface area contributed by atoms with Crippen molar-refractivity contribution in [1.82, 2.24) is 25.3 Å². The first-order chi connectivity index (χ1) is 9.31. The van der Waals surface area contributed by atoms with Crippen LogP contribution >= 0.6 is 0 Å². The Kier molecular flexibility index (Phi) is 3.29. The molecule has 1 aliphatic rings. The van der Waals surface area contributed by atoms with E-state index in [1.165, 1.54) is 17.5 Å². The Labute approximate surface area is 111 Å². The summed E-state index contributed by atoms with van der Waals surface area (Å²) >= 11 is 0. The van der Waals surface area contributed by atoms with Gasteiger partial charge in [0.2, 0.25) is 0 Å². The topological polar surface area (TPSA) is 85.2 Å². The van der Waals surface area contributed by atoms with Gasteiger partial charge in [0.05, 0.1) is 0 Å². The Morgan fingerprint density at radius 2 is 2.32 bits per heavy atom. The number of piperidine rings is 1. The van der Waals surface area contributed by atoms with Gasteiger partial charge in [0.15, 0.2) is 11.5 Å². The molecule has 0 radical (unpaired) electrons. The summed E-state index contributed by atoms with van der Waals surface area (Å²) in [7, 11) is 0. The summed E-state index contributed by atoms with van der Waals surface area (Å²) in [5.74, 6) is 1.69. The highest BCUT2D eigenvalue weighted by Gasteiger charge is 2.27. The molecule has 0 bridgehead atoms. The fourth-order valence-corrected chi connectivity index (χ4v) is 2.82. The van der Waals surface area contributed by atoms with Gasteiger partial charge in [-0.2, -0.15) is 0 Å². The first kappa shape index (κ1) is 12.3. The van der Waals surface area contributed by atoms with Crippen LogP contribution in [-0.4, -0.2) is 44.4 Å². The molecule has 1 saturated heterocycles. The van der Waals surface area contributed by atoms with Crippen molar-refractivity contribution >= 4 is 11.5 Å². The van der Waals surface area contributed by atoms with E-state index in [4.69, 9.17) is 5.73 Å². The number of aromatic nitrogens is 5. The maximum Gasteiger partial charge on any atom is 0.200 e. The third kappa shape index (κ3) is 2.25. The van der Waals surface area contributed by atoms with Gasteiger partial charge in [-0.3, -0.25) is 0 Å². The lowest BCUT2D eigenvalue weighted by atomic mass is 9.89. The third-order valence-electron chi connectivity index (χ3n) is 4.02. The molecule has 3 heterocycles. The van der Waals surface area contributed by atoms with E-state index in [2.05, 4.69) is 32.4 Å². The van der Waals surface area contributed by atoms with Gasteiger partial charge in [-0.25, -0.2) is 0 Å². The highest BCUT2D eigenvalue weighted by molar-refractivity contribution is 5.45. The van der Waals surface area contributed by atoms with Crippen molar-refractivity contribution in [3.63, 3.8) is 0 Å². The predicted octanol–water partition coefficient (Wildman–Crippen LogP) is 0.473. The molecule has 3 rings (SSSR count). The van der Waals surface area contributed by atoms with Crippen LogP contribution in [0.25, 0.3) is 5.65 Å². The van der Waals surface area contributed by atoms with Crippen LogP contribution in [0.15, 0.2) is 12.1 Å². The molecule has 2 unspecified atom stereocenters. The van der Waals surface area contributed by atoms with Crippen LogP contribution in [-0.2, 0) is 0 Å². The van der Waals surface area contributed by atoms with Crippen LogP contribution < -0.4 is 10.6 Å². The molecule has 0 saturated carbocycles. The summed E-state index contributed by atoms with van der Waals surface area (Å²) in [5.41, 5.74) is 6.59. The number of hydrogen-bond acceptors (Lipinski definition) is 6. The number of hydrogen-bond donors (Lipinski definition) is 1. The van der Waals surface area contributed by atoms with Gasteiger partial charge in [0, 0.05) is 19.1 Å². The lowest BCUT2D eigenvalue weighted by Crippen LogP contribution is -2.47. The van der Waals surface area contributed by atoms with Gasteiger partial charge in [-0.15, -0.1) is 14.8 Å². The summed E-state index contributed by atoms with van der Waals surface area (Å²) in [6, 6.07) is 4.22.